The maximum atomic E-state index is 14.6. The largest absolute Gasteiger partial charge is 0.451 e. The number of benzene rings is 4. The minimum Gasteiger partial charge on any atom is -0.298 e. The summed E-state index contributed by atoms with van der Waals surface area (Å²) in [5.74, 6) is -12.1. The Morgan fingerprint density at radius 2 is 0.600 bits per heavy atom. The van der Waals surface area contributed by atoms with Crippen LogP contribution in [0.15, 0.2) is 233 Å². The number of pyridine rings is 5. The zero-order valence-corrected chi connectivity index (χ0v) is 81.4. The van der Waals surface area contributed by atoms with E-state index in [9.17, 15) is 149 Å². The fraction of sp³-hybridized carbons (Fsp3) is 0.330. The molecule has 0 unspecified atom stereocenters. The van der Waals surface area contributed by atoms with Crippen LogP contribution in [0.5, 0.6) is 0 Å². The van der Waals surface area contributed by atoms with Crippen LogP contribution in [0.4, 0.5) is 96.6 Å². The molecule has 0 radical (unpaired) electrons. The number of carbonyl (C=O) groups is 4. The molecule has 150 heavy (non-hydrogen) atoms. The van der Waals surface area contributed by atoms with Crippen LogP contribution in [-0.2, 0) is 110 Å². The number of hydrogen-bond donors (Lipinski definition) is 0. The molecule has 12 aromatic rings. The van der Waals surface area contributed by atoms with Crippen molar-refractivity contribution >= 4 is 63.2 Å². The number of ketones is 4. The Morgan fingerprint density at radius 1 is 0.293 bits per heavy atom. The second-order valence-electron chi connectivity index (χ2n) is 34.7. The number of halogens is 22. The summed E-state index contributed by atoms with van der Waals surface area (Å²) in [7, 11) is -17.2. The molecule has 796 valence electrons. The van der Waals surface area contributed by atoms with Gasteiger partial charge < -0.3 is 0 Å². The van der Waals surface area contributed by atoms with E-state index in [2.05, 4.69) is 54.8 Å². The molecule has 4 aliphatic rings. The van der Waals surface area contributed by atoms with Crippen molar-refractivity contribution in [1.29, 1.82) is 0 Å². The van der Waals surface area contributed by atoms with E-state index in [1.165, 1.54) is 88.5 Å². The fourth-order valence-electron chi connectivity index (χ4n) is 16.9. The van der Waals surface area contributed by atoms with Crippen LogP contribution in [0.1, 0.15) is 125 Å². The highest BCUT2D eigenvalue weighted by molar-refractivity contribution is 7.90. The van der Waals surface area contributed by atoms with Gasteiger partial charge in [-0.1, -0.05) is 36.4 Å². The van der Waals surface area contributed by atoms with E-state index in [-0.39, 0.29) is 129 Å². The SMILES string of the molecule is C[C@H]1[C@H](F)C[C@@H](C(=O)CCc2cc(-c3ccc(C(F)(F)F)nc3)ncc2F)N1S(=O)(=O)c1ccc(F)cc1.C[C@H]1[C@H](F)C[C@@H](C(=O)CCc2cc(-c3cnc(C(F)(F)F)nc3)ccn2)N1S(=O)(=O)c1ccccc1.C[C@H]1[C@H](F)C[C@@H](C(=O)CCc2cc(-c3cnc(C(F)(F)F)nc3)ncc2F)N1S(=O)(=O)c1ccc(F)c(F)c1.C[C@H]1[C@H](F)C[C@@H](C(=O)CCc2cc(-c3cnc(C(F)(F)F)nc3)ncc2F)N1S(=O)(=O)c1ccccc1. The number of aromatic nitrogens is 11. The minimum absolute atomic E-state index is 0.0130. The van der Waals surface area contributed by atoms with Crippen molar-refractivity contribution in [2.45, 2.75) is 222 Å². The second-order valence-corrected chi connectivity index (χ2v) is 42.1. The summed E-state index contributed by atoms with van der Waals surface area (Å²) < 4.78 is 403. The Labute approximate surface area is 841 Å². The molecule has 8 aromatic heterocycles. The number of Topliss-reactive ketones (excluding diaryl/α,β-unsaturated/α-hetero) is 4. The molecule has 0 saturated carbocycles. The lowest BCUT2D eigenvalue weighted by Gasteiger charge is -2.26. The lowest BCUT2D eigenvalue weighted by Crippen LogP contribution is -2.44. The average Bonchev–Trinajstić information content (AvgIpc) is 1.62. The molecule has 53 heteroatoms. The van der Waals surface area contributed by atoms with Gasteiger partial charge in [-0.05, 0) is 185 Å². The fourth-order valence-corrected chi connectivity index (χ4v) is 24.3. The minimum atomic E-state index is -4.76. The highest BCUT2D eigenvalue weighted by Crippen LogP contribution is 2.42. The molecule has 0 N–H and O–H groups in total. The van der Waals surface area contributed by atoms with Gasteiger partial charge in [0.25, 0.3) is 0 Å². The first-order chi connectivity index (χ1) is 70.4. The molecule has 4 saturated heterocycles. The predicted octanol–water partition coefficient (Wildman–Crippen LogP) is 18.4. The lowest BCUT2D eigenvalue weighted by atomic mass is 10.0. The van der Waals surface area contributed by atoms with Crippen LogP contribution in [-0.4, -0.2) is 202 Å². The van der Waals surface area contributed by atoms with E-state index >= 15 is 0 Å². The Bertz CT molecular complexity index is 7390. The van der Waals surface area contributed by atoms with Crippen LogP contribution in [0, 0.1) is 34.9 Å². The van der Waals surface area contributed by atoms with Gasteiger partial charge in [-0.3, -0.25) is 44.1 Å². The maximum Gasteiger partial charge on any atom is 0.451 e. The van der Waals surface area contributed by atoms with Gasteiger partial charge in [0.15, 0.2) is 34.8 Å². The summed E-state index contributed by atoms with van der Waals surface area (Å²) in [6.07, 6.45) is -17.8. The van der Waals surface area contributed by atoms with Crippen LogP contribution in [0.2, 0.25) is 0 Å². The Morgan fingerprint density at radius 3 is 0.920 bits per heavy atom. The molecular weight excluding hydrogens is 2110 g/mol. The molecule has 0 spiro atoms. The van der Waals surface area contributed by atoms with Crippen molar-refractivity contribution in [3.05, 3.63) is 294 Å². The van der Waals surface area contributed by atoms with E-state index in [1.807, 2.05) is 0 Å². The Balaban J connectivity index is 0.000000167. The number of hydrogen-bond acceptors (Lipinski definition) is 23. The van der Waals surface area contributed by atoms with Crippen molar-refractivity contribution in [3.8, 4) is 44.9 Å². The number of sulfonamides is 4. The summed E-state index contributed by atoms with van der Waals surface area (Å²) in [5, 5.41) is 0. The smallest absolute Gasteiger partial charge is 0.298 e. The van der Waals surface area contributed by atoms with Gasteiger partial charge in [0.05, 0.1) is 104 Å². The number of carbonyl (C=O) groups excluding carboxylic acids is 4. The molecule has 4 fully saturated rings. The van der Waals surface area contributed by atoms with E-state index in [0.29, 0.717) is 33.3 Å². The van der Waals surface area contributed by atoms with Gasteiger partial charge in [0, 0.05) is 129 Å². The van der Waals surface area contributed by atoms with Gasteiger partial charge in [0.2, 0.25) is 57.6 Å². The highest BCUT2D eigenvalue weighted by Gasteiger charge is 2.54. The van der Waals surface area contributed by atoms with Gasteiger partial charge in [-0.25, -0.2) is 107 Å². The molecule has 0 amide bonds. The van der Waals surface area contributed by atoms with Crippen LogP contribution < -0.4 is 0 Å². The molecule has 4 aromatic carbocycles. The average molecular weight is 2200 g/mol. The number of aryl methyl sites for hydroxylation is 4. The van der Waals surface area contributed by atoms with E-state index < -0.39 is 237 Å². The zero-order valence-electron chi connectivity index (χ0n) is 78.2. The summed E-state index contributed by atoms with van der Waals surface area (Å²) in [6.45, 7) is 5.39. The first kappa shape index (κ1) is 114. The van der Waals surface area contributed by atoms with Gasteiger partial charge >= 0.3 is 24.7 Å². The van der Waals surface area contributed by atoms with Crippen molar-refractivity contribution in [2.24, 2.45) is 0 Å². The summed E-state index contributed by atoms with van der Waals surface area (Å²) in [5.41, 5.74) is 0.736. The molecule has 0 bridgehead atoms. The molecule has 4 aliphatic heterocycles. The van der Waals surface area contributed by atoms with Gasteiger partial charge in [-0.15, -0.1) is 0 Å². The van der Waals surface area contributed by atoms with Crippen molar-refractivity contribution in [3.63, 3.8) is 0 Å². The lowest BCUT2D eigenvalue weighted by molar-refractivity contribution is -0.145. The molecule has 16 rings (SSSR count). The number of rotatable bonds is 28. The summed E-state index contributed by atoms with van der Waals surface area (Å²) in [6, 6.07) is 19.7. The quantitative estimate of drug-likeness (QED) is 0.0411. The van der Waals surface area contributed by atoms with Crippen molar-refractivity contribution in [2.75, 3.05) is 0 Å². The maximum absolute atomic E-state index is 14.6. The Kier molecular flexibility index (Phi) is 35.1. The van der Waals surface area contributed by atoms with Crippen LogP contribution in [0.25, 0.3) is 44.9 Å². The molecule has 12 atom stereocenters. The van der Waals surface area contributed by atoms with Gasteiger partial charge in [-0.2, -0.15) is 69.9 Å². The normalized spacial score (nSPS) is 20.7. The van der Waals surface area contributed by atoms with Crippen molar-refractivity contribution in [1.82, 2.24) is 72.0 Å². The van der Waals surface area contributed by atoms with E-state index in [1.54, 1.807) is 36.4 Å². The van der Waals surface area contributed by atoms with E-state index in [0.717, 1.165) is 117 Å². The third kappa shape index (κ3) is 26.3. The molecule has 12 heterocycles. The standard InChI is InChI=1S/C25H21F6N3O3S.C24H19F7N4O3S.C24H21F5N4O3S.C24H22F4N4O3S/c1-14-19(27)11-22(34(14)38(36,37)18-6-4-17(26)5-7-18)23(35)8-2-15-10-21(32-13-20(15)28)16-3-9-24(33-12-16)25(29,30)31;1-12-17(26)8-21(35(12)39(37,38)15-3-4-16(25)18(27)7-15)22(36)5-2-13-6-20(32-11-19(13)28)14-9-33-23(34-10-14)24(29,30)31;1-14-18(25)10-21(33(14)37(35,36)17-5-3-2-4-6-17)22(34)8-7-15-9-20(30-13-19(15)26)16-11-31-23(32-12-16)24(27,28)29;1-15-20(25)12-21(32(15)36(34,35)19-5-3-2-4-6-19)22(33)8-7-18-11-16(9-10-29-18)17-13-30-23(31-14-17)24(26,27)28/h3-7,9-10,12-14,19,22H,2,8,11H2,1H3;3-4,6-7,9-12,17,21H,2,5,8H2,1H3;2-6,9,11-14,18,21H,7-8,10H2,1H3;2-6,9-11,13-15,20-21H,7-8,12H2,1H3/t14-,19+,22-;12-,17+,21-;14-,18+,21-;15-,20+,21-/m0000/s1. The second kappa shape index (κ2) is 46.2. The third-order valence-electron chi connectivity index (χ3n) is 24.9. The van der Waals surface area contributed by atoms with Crippen molar-refractivity contribution < 1.29 is 149 Å². The highest BCUT2D eigenvalue weighted by atomic mass is 32.2. The molecule has 0 aliphatic carbocycles. The molecular formula is C97H83F22N15O12S4. The topological polar surface area (TPSA) is 360 Å². The number of alkyl halides is 16. The summed E-state index contributed by atoms with van der Waals surface area (Å²) >= 11 is 0. The van der Waals surface area contributed by atoms with E-state index in [4.69, 9.17) is 0 Å². The summed E-state index contributed by atoms with van der Waals surface area (Å²) in [4.78, 5) is 89.9. The zero-order chi connectivity index (χ0) is 110. The number of nitrogens with zero attached hydrogens (tertiary/aromatic N) is 15. The molecule has 27 nitrogen and oxygen atoms in total. The first-order valence-electron chi connectivity index (χ1n) is 45.1. The monoisotopic (exact) mass is 2200 g/mol. The van der Waals surface area contributed by atoms with Crippen LogP contribution in [0.3, 0.4) is 0 Å². The Hall–Kier alpha value is -13.4. The third-order valence-corrected chi connectivity index (χ3v) is 32.9. The first-order valence-corrected chi connectivity index (χ1v) is 50.8. The van der Waals surface area contributed by atoms with Gasteiger partial charge in [0.1, 0.15) is 53.6 Å². The predicted molar refractivity (Wildman–Crippen MR) is 489 cm³/mol. The van der Waals surface area contributed by atoms with Crippen LogP contribution >= 0.6 is 0 Å².